The van der Waals surface area contributed by atoms with Gasteiger partial charge in [0, 0.05) is 19.5 Å². The highest BCUT2D eigenvalue weighted by atomic mass is 32.1. The van der Waals surface area contributed by atoms with E-state index in [4.69, 9.17) is 12.2 Å². The van der Waals surface area contributed by atoms with Crippen LogP contribution in [0.25, 0.3) is 10.8 Å². The van der Waals surface area contributed by atoms with Gasteiger partial charge in [0.25, 0.3) is 0 Å². The lowest BCUT2D eigenvalue weighted by atomic mass is 10.0. The van der Waals surface area contributed by atoms with Crippen molar-refractivity contribution in [2.75, 3.05) is 13.1 Å². The molecule has 1 aliphatic heterocycles. The smallest absolute Gasteiger partial charge is 0.0941 e. The molecule has 0 aliphatic carbocycles. The second kappa shape index (κ2) is 6.33. The van der Waals surface area contributed by atoms with Crippen molar-refractivity contribution >= 4 is 28.0 Å². The van der Waals surface area contributed by atoms with Gasteiger partial charge in [0.2, 0.25) is 0 Å². The molecule has 1 N–H and O–H groups in total. The molecule has 2 nitrogen and oxygen atoms in total. The zero-order valence-corrected chi connectivity index (χ0v) is 12.5. The third-order valence-electron chi connectivity index (χ3n) is 3.87. The minimum Gasteiger partial charge on any atom is -0.313 e. The second-order valence-corrected chi connectivity index (χ2v) is 5.89. The van der Waals surface area contributed by atoms with E-state index in [-0.39, 0.29) is 0 Å². The van der Waals surface area contributed by atoms with E-state index >= 15 is 0 Å². The zero-order chi connectivity index (χ0) is 13.8. The molecule has 104 valence electrons. The SMILES string of the molecule is S=C(Cc1cccc2ccccc12)NN1CCCCC1. The standard InChI is InChI=1S/C17H20N2S/c20-17(18-19-11-4-1-5-12-19)13-15-9-6-8-14-7-2-3-10-16(14)15/h2-3,6-10H,1,4-5,11-13H2,(H,18,20). The van der Waals surface area contributed by atoms with Crippen molar-refractivity contribution in [2.45, 2.75) is 25.7 Å². The Morgan fingerprint density at radius 3 is 2.60 bits per heavy atom. The predicted molar refractivity (Wildman–Crippen MR) is 88.8 cm³/mol. The molecule has 3 heteroatoms. The Morgan fingerprint density at radius 1 is 1.00 bits per heavy atom. The number of rotatable bonds is 3. The van der Waals surface area contributed by atoms with E-state index < -0.39 is 0 Å². The summed E-state index contributed by atoms with van der Waals surface area (Å²) in [6.45, 7) is 2.21. The van der Waals surface area contributed by atoms with Crippen molar-refractivity contribution in [2.24, 2.45) is 0 Å². The van der Waals surface area contributed by atoms with Gasteiger partial charge in [-0.1, -0.05) is 61.1 Å². The van der Waals surface area contributed by atoms with Gasteiger partial charge in [0.05, 0.1) is 4.99 Å². The Bertz CT molecular complexity index is 597. The fourth-order valence-corrected chi connectivity index (χ4v) is 3.13. The van der Waals surface area contributed by atoms with Crippen LogP contribution in [0.5, 0.6) is 0 Å². The molecule has 1 aliphatic rings. The molecule has 0 aromatic heterocycles. The van der Waals surface area contributed by atoms with Crippen LogP contribution in [0.3, 0.4) is 0 Å². The van der Waals surface area contributed by atoms with E-state index in [1.54, 1.807) is 0 Å². The Balaban J connectivity index is 1.71. The van der Waals surface area contributed by atoms with Crippen LogP contribution in [0.1, 0.15) is 24.8 Å². The summed E-state index contributed by atoms with van der Waals surface area (Å²) in [6.07, 6.45) is 4.69. The minimum absolute atomic E-state index is 0.813. The lowest BCUT2D eigenvalue weighted by Gasteiger charge is -2.28. The number of piperidine rings is 1. The van der Waals surface area contributed by atoms with E-state index in [1.807, 2.05) is 0 Å². The summed E-state index contributed by atoms with van der Waals surface area (Å²) in [5.74, 6) is 0. The molecule has 1 fully saturated rings. The summed E-state index contributed by atoms with van der Waals surface area (Å²) in [7, 11) is 0. The van der Waals surface area contributed by atoms with E-state index in [0.29, 0.717) is 0 Å². The third-order valence-corrected chi connectivity index (χ3v) is 4.11. The molecule has 1 saturated heterocycles. The Labute approximate surface area is 125 Å². The van der Waals surface area contributed by atoms with Crippen LogP contribution in [-0.2, 0) is 6.42 Å². The van der Waals surface area contributed by atoms with Crippen LogP contribution in [0.2, 0.25) is 0 Å². The number of nitrogens with zero attached hydrogens (tertiary/aromatic N) is 1. The van der Waals surface area contributed by atoms with E-state index in [1.165, 1.54) is 35.6 Å². The first-order chi connectivity index (χ1) is 9.83. The zero-order valence-electron chi connectivity index (χ0n) is 11.6. The average molecular weight is 284 g/mol. The number of hydrogen-bond donors (Lipinski definition) is 1. The first-order valence-electron chi connectivity index (χ1n) is 7.34. The normalized spacial score (nSPS) is 16.2. The number of hydrazine groups is 1. The fraction of sp³-hybridized carbons (Fsp3) is 0.353. The van der Waals surface area contributed by atoms with Gasteiger partial charge in [0.1, 0.15) is 0 Å². The van der Waals surface area contributed by atoms with Gasteiger partial charge >= 0.3 is 0 Å². The molecule has 2 aromatic rings. The van der Waals surface area contributed by atoms with E-state index in [0.717, 1.165) is 24.5 Å². The molecule has 0 atom stereocenters. The summed E-state index contributed by atoms with van der Waals surface area (Å²) in [5.41, 5.74) is 4.70. The molecule has 0 spiro atoms. The van der Waals surface area contributed by atoms with Crippen molar-refractivity contribution < 1.29 is 0 Å². The van der Waals surface area contributed by atoms with Gasteiger partial charge < -0.3 is 5.43 Å². The summed E-state index contributed by atoms with van der Waals surface area (Å²) in [5, 5.41) is 4.85. The molecule has 2 aromatic carbocycles. The van der Waals surface area contributed by atoms with E-state index in [9.17, 15) is 0 Å². The van der Waals surface area contributed by atoms with Crippen molar-refractivity contribution in [1.82, 2.24) is 10.4 Å². The minimum atomic E-state index is 0.813. The summed E-state index contributed by atoms with van der Waals surface area (Å²) >= 11 is 5.53. The maximum atomic E-state index is 5.53. The Kier molecular flexibility index (Phi) is 4.28. The van der Waals surface area contributed by atoms with E-state index in [2.05, 4.69) is 52.9 Å². The van der Waals surface area contributed by atoms with Gasteiger partial charge in [-0.3, -0.25) is 0 Å². The van der Waals surface area contributed by atoms with Crippen LogP contribution < -0.4 is 5.43 Å². The Morgan fingerprint density at radius 2 is 1.75 bits per heavy atom. The van der Waals surface area contributed by atoms with Crippen molar-refractivity contribution in [1.29, 1.82) is 0 Å². The first-order valence-corrected chi connectivity index (χ1v) is 7.75. The monoisotopic (exact) mass is 284 g/mol. The molecule has 3 rings (SSSR count). The number of hydrogen-bond acceptors (Lipinski definition) is 2. The third kappa shape index (κ3) is 3.17. The molecule has 0 radical (unpaired) electrons. The molecule has 0 saturated carbocycles. The van der Waals surface area contributed by atoms with Crippen LogP contribution in [0.4, 0.5) is 0 Å². The first kappa shape index (κ1) is 13.5. The predicted octanol–water partition coefficient (Wildman–Crippen LogP) is 3.70. The maximum Gasteiger partial charge on any atom is 0.0941 e. The maximum absolute atomic E-state index is 5.53. The molecule has 0 amide bonds. The average Bonchev–Trinajstić information content (AvgIpc) is 2.48. The highest BCUT2D eigenvalue weighted by Gasteiger charge is 2.11. The van der Waals surface area contributed by atoms with Crippen LogP contribution in [0.15, 0.2) is 42.5 Å². The van der Waals surface area contributed by atoms with Crippen molar-refractivity contribution in [3.8, 4) is 0 Å². The molecule has 20 heavy (non-hydrogen) atoms. The highest BCUT2D eigenvalue weighted by molar-refractivity contribution is 7.80. The Hall–Kier alpha value is -1.45. The highest BCUT2D eigenvalue weighted by Crippen LogP contribution is 2.19. The van der Waals surface area contributed by atoms with Crippen LogP contribution in [0, 0.1) is 0 Å². The number of nitrogens with one attached hydrogen (secondary N) is 1. The molecular formula is C17H20N2S. The molecule has 1 heterocycles. The quantitative estimate of drug-likeness (QED) is 0.865. The molecule has 0 bridgehead atoms. The fourth-order valence-electron chi connectivity index (χ4n) is 2.84. The van der Waals surface area contributed by atoms with Gasteiger partial charge in [-0.05, 0) is 29.2 Å². The topological polar surface area (TPSA) is 15.3 Å². The van der Waals surface area contributed by atoms with Gasteiger partial charge in [-0.2, -0.15) is 0 Å². The summed E-state index contributed by atoms with van der Waals surface area (Å²) in [6, 6.07) is 14.9. The number of thiocarbonyl (C=S) groups is 1. The van der Waals surface area contributed by atoms with Crippen LogP contribution >= 0.6 is 12.2 Å². The lowest BCUT2D eigenvalue weighted by molar-refractivity contribution is 0.195. The lowest BCUT2D eigenvalue weighted by Crippen LogP contribution is -2.44. The largest absolute Gasteiger partial charge is 0.313 e. The number of benzene rings is 2. The van der Waals surface area contributed by atoms with Gasteiger partial charge in [-0.15, -0.1) is 0 Å². The van der Waals surface area contributed by atoms with Crippen molar-refractivity contribution in [3.05, 3.63) is 48.0 Å². The van der Waals surface area contributed by atoms with Gasteiger partial charge in [-0.25, -0.2) is 5.01 Å². The van der Waals surface area contributed by atoms with Crippen LogP contribution in [-0.4, -0.2) is 23.1 Å². The van der Waals surface area contributed by atoms with Crippen molar-refractivity contribution in [3.63, 3.8) is 0 Å². The van der Waals surface area contributed by atoms with Gasteiger partial charge in [0.15, 0.2) is 0 Å². The summed E-state index contributed by atoms with van der Waals surface area (Å²) in [4.78, 5) is 0.920. The molecular weight excluding hydrogens is 264 g/mol. The summed E-state index contributed by atoms with van der Waals surface area (Å²) < 4.78 is 0. The second-order valence-electron chi connectivity index (χ2n) is 5.40. The molecule has 0 unspecified atom stereocenters. The number of fused-ring (bicyclic) bond motifs is 1.